The van der Waals surface area contributed by atoms with Gasteiger partial charge in [-0.1, -0.05) is 43.3 Å². The van der Waals surface area contributed by atoms with Crippen molar-refractivity contribution in [2.75, 3.05) is 40.3 Å². The Balaban J connectivity index is 1.82. The van der Waals surface area contributed by atoms with E-state index in [2.05, 4.69) is 17.9 Å². The summed E-state index contributed by atoms with van der Waals surface area (Å²) >= 11 is 0. The van der Waals surface area contributed by atoms with E-state index >= 15 is 0 Å². The highest BCUT2D eigenvalue weighted by Gasteiger charge is 2.33. The van der Waals surface area contributed by atoms with Gasteiger partial charge in [0.15, 0.2) is 0 Å². The van der Waals surface area contributed by atoms with Crippen molar-refractivity contribution in [1.82, 2.24) is 14.7 Å². The van der Waals surface area contributed by atoms with Crippen LogP contribution in [0.4, 0.5) is 13.2 Å². The fourth-order valence-corrected chi connectivity index (χ4v) is 4.12. The van der Waals surface area contributed by atoms with Gasteiger partial charge in [-0.3, -0.25) is 9.69 Å². The lowest BCUT2D eigenvalue weighted by atomic mass is 9.94. The quantitative estimate of drug-likeness (QED) is 0.536. The highest BCUT2D eigenvalue weighted by molar-refractivity contribution is 5.92. The van der Waals surface area contributed by atoms with Crippen molar-refractivity contribution < 1.29 is 18.0 Å². The predicted molar refractivity (Wildman–Crippen MR) is 126 cm³/mol. The summed E-state index contributed by atoms with van der Waals surface area (Å²) in [6, 6.07) is 11.6. The number of fused-ring (bicyclic) bond motifs is 1. The number of alkyl halides is 3. The molecule has 0 bridgehead atoms. The van der Waals surface area contributed by atoms with E-state index in [1.165, 1.54) is 34.2 Å². The summed E-state index contributed by atoms with van der Waals surface area (Å²) in [7, 11) is 3.75. The molecular formula is C26H32F3N3O. The Morgan fingerprint density at radius 2 is 1.85 bits per heavy atom. The van der Waals surface area contributed by atoms with E-state index < -0.39 is 11.7 Å². The van der Waals surface area contributed by atoms with Crippen LogP contribution in [0.2, 0.25) is 0 Å². The Hall–Kier alpha value is -2.64. The van der Waals surface area contributed by atoms with Crippen molar-refractivity contribution in [1.29, 1.82) is 0 Å². The molecule has 0 saturated carbocycles. The highest BCUT2D eigenvalue weighted by atomic mass is 19.4. The van der Waals surface area contributed by atoms with E-state index in [1.807, 2.05) is 31.1 Å². The standard InChI is InChI=1S/C26H32F3N3O/c1-4-31-15-14-23-20(9-7-10-21(23)18-31)12-13-25(33)32(17-16-30(2)3)19-22-8-5-6-11-24(22)26(27,28)29/h5-13H,4,14-19H2,1-3H3/b13-12+. The van der Waals surface area contributed by atoms with Crippen LogP contribution in [-0.4, -0.2) is 60.9 Å². The molecule has 1 heterocycles. The van der Waals surface area contributed by atoms with Gasteiger partial charge in [0.1, 0.15) is 0 Å². The fourth-order valence-electron chi connectivity index (χ4n) is 4.12. The van der Waals surface area contributed by atoms with E-state index in [4.69, 9.17) is 0 Å². The summed E-state index contributed by atoms with van der Waals surface area (Å²) in [4.78, 5) is 18.9. The Morgan fingerprint density at radius 1 is 1.09 bits per heavy atom. The minimum atomic E-state index is -4.46. The summed E-state index contributed by atoms with van der Waals surface area (Å²) in [6.07, 6.45) is -0.242. The van der Waals surface area contributed by atoms with Crippen LogP contribution in [0.25, 0.3) is 6.08 Å². The van der Waals surface area contributed by atoms with Crippen molar-refractivity contribution in [3.05, 3.63) is 76.4 Å². The van der Waals surface area contributed by atoms with Gasteiger partial charge in [0.25, 0.3) is 0 Å². The first kappa shape index (κ1) is 25.0. The molecule has 0 aromatic heterocycles. The molecule has 1 amide bonds. The second-order valence-electron chi connectivity index (χ2n) is 8.65. The van der Waals surface area contributed by atoms with Gasteiger partial charge < -0.3 is 9.80 Å². The third-order valence-corrected chi connectivity index (χ3v) is 6.05. The summed E-state index contributed by atoms with van der Waals surface area (Å²) < 4.78 is 40.4. The van der Waals surface area contributed by atoms with Crippen LogP contribution in [0.15, 0.2) is 48.5 Å². The number of carbonyl (C=O) groups excluding carboxylic acids is 1. The molecule has 2 aromatic carbocycles. The Morgan fingerprint density at radius 3 is 2.55 bits per heavy atom. The summed E-state index contributed by atoms with van der Waals surface area (Å²) in [5.41, 5.74) is 2.91. The van der Waals surface area contributed by atoms with Crippen LogP contribution in [0.5, 0.6) is 0 Å². The molecule has 33 heavy (non-hydrogen) atoms. The van der Waals surface area contributed by atoms with Crippen LogP contribution < -0.4 is 0 Å². The fraction of sp³-hybridized carbons (Fsp3) is 0.423. The third-order valence-electron chi connectivity index (χ3n) is 6.05. The van der Waals surface area contributed by atoms with Gasteiger partial charge in [0.05, 0.1) is 5.56 Å². The van der Waals surface area contributed by atoms with Crippen molar-refractivity contribution in [3.63, 3.8) is 0 Å². The molecule has 0 aliphatic carbocycles. The molecule has 1 aliphatic rings. The first-order valence-corrected chi connectivity index (χ1v) is 11.3. The molecule has 0 N–H and O–H groups in total. The molecule has 7 heteroatoms. The normalized spacial score (nSPS) is 14.6. The largest absolute Gasteiger partial charge is 0.416 e. The number of amides is 1. The second kappa shape index (κ2) is 11.0. The van der Waals surface area contributed by atoms with Gasteiger partial charge in [-0.15, -0.1) is 0 Å². The molecular weight excluding hydrogens is 427 g/mol. The molecule has 1 aliphatic heterocycles. The molecule has 4 nitrogen and oxygen atoms in total. The zero-order valence-electron chi connectivity index (χ0n) is 19.5. The minimum absolute atomic E-state index is 0.0922. The lowest BCUT2D eigenvalue weighted by molar-refractivity contribution is -0.139. The minimum Gasteiger partial charge on any atom is -0.334 e. The molecule has 0 atom stereocenters. The number of benzene rings is 2. The first-order valence-electron chi connectivity index (χ1n) is 11.3. The average molecular weight is 460 g/mol. The maximum absolute atomic E-state index is 13.5. The molecule has 0 saturated heterocycles. The van der Waals surface area contributed by atoms with Gasteiger partial charge >= 0.3 is 6.18 Å². The van der Waals surface area contributed by atoms with Crippen molar-refractivity contribution in [3.8, 4) is 0 Å². The van der Waals surface area contributed by atoms with Crippen LogP contribution in [0.1, 0.15) is 34.7 Å². The number of carbonyl (C=O) groups is 1. The molecule has 2 aromatic rings. The second-order valence-corrected chi connectivity index (χ2v) is 8.65. The third kappa shape index (κ3) is 6.68. The van der Waals surface area contributed by atoms with Crippen LogP contribution in [0.3, 0.4) is 0 Å². The van der Waals surface area contributed by atoms with Gasteiger partial charge in [-0.2, -0.15) is 13.2 Å². The average Bonchev–Trinajstić information content (AvgIpc) is 2.79. The number of halogens is 3. The number of hydrogen-bond acceptors (Lipinski definition) is 3. The van der Waals surface area contributed by atoms with Crippen molar-refractivity contribution in [2.24, 2.45) is 0 Å². The topological polar surface area (TPSA) is 26.8 Å². The van der Waals surface area contributed by atoms with Gasteiger partial charge in [-0.25, -0.2) is 0 Å². The summed E-state index contributed by atoms with van der Waals surface area (Å²) in [6.45, 7) is 5.81. The molecule has 0 radical (unpaired) electrons. The van der Waals surface area contributed by atoms with E-state index in [-0.39, 0.29) is 18.0 Å². The van der Waals surface area contributed by atoms with Crippen molar-refractivity contribution >= 4 is 12.0 Å². The Labute approximate surface area is 194 Å². The molecule has 0 spiro atoms. The van der Waals surface area contributed by atoms with Crippen LogP contribution in [0, 0.1) is 0 Å². The van der Waals surface area contributed by atoms with E-state index in [9.17, 15) is 18.0 Å². The van der Waals surface area contributed by atoms with E-state index in [0.717, 1.165) is 37.7 Å². The molecule has 3 rings (SSSR count). The molecule has 178 valence electrons. The van der Waals surface area contributed by atoms with Gasteiger partial charge in [0, 0.05) is 38.8 Å². The van der Waals surface area contributed by atoms with Crippen molar-refractivity contribution in [2.45, 2.75) is 32.6 Å². The van der Waals surface area contributed by atoms with Crippen LogP contribution in [-0.2, 0) is 30.5 Å². The number of likely N-dealkylation sites (N-methyl/N-ethyl adjacent to an activating group) is 2. The summed E-state index contributed by atoms with van der Waals surface area (Å²) in [5, 5.41) is 0. The first-order chi connectivity index (χ1) is 15.7. The highest BCUT2D eigenvalue weighted by Crippen LogP contribution is 2.32. The molecule has 0 unspecified atom stereocenters. The predicted octanol–water partition coefficient (Wildman–Crippen LogP) is 4.69. The van der Waals surface area contributed by atoms with Gasteiger partial charge in [-0.05, 0) is 61.5 Å². The van der Waals surface area contributed by atoms with Crippen LogP contribution >= 0.6 is 0 Å². The van der Waals surface area contributed by atoms with Gasteiger partial charge in [0.2, 0.25) is 5.91 Å². The lowest BCUT2D eigenvalue weighted by Gasteiger charge is -2.28. The summed E-state index contributed by atoms with van der Waals surface area (Å²) in [5.74, 6) is -0.294. The zero-order chi connectivity index (χ0) is 24.0. The Bertz CT molecular complexity index is 985. The maximum atomic E-state index is 13.5. The monoisotopic (exact) mass is 459 g/mol. The van der Waals surface area contributed by atoms with E-state index in [0.29, 0.717) is 13.1 Å². The zero-order valence-corrected chi connectivity index (χ0v) is 19.5. The molecule has 0 fully saturated rings. The lowest BCUT2D eigenvalue weighted by Crippen LogP contribution is -2.35. The Kier molecular flexibility index (Phi) is 8.32. The smallest absolute Gasteiger partial charge is 0.334 e. The number of rotatable bonds is 8. The maximum Gasteiger partial charge on any atom is 0.416 e. The number of nitrogens with zero attached hydrogens (tertiary/aromatic N) is 3. The number of hydrogen-bond donors (Lipinski definition) is 0. The van der Waals surface area contributed by atoms with E-state index in [1.54, 1.807) is 12.1 Å². The SMILES string of the molecule is CCN1CCc2c(/C=C/C(=O)N(CCN(C)C)Cc3ccccc3C(F)(F)F)cccc2C1.